The monoisotopic (exact) mass is 470 g/mol. The molecule has 0 N–H and O–H groups in total. The van der Waals surface area contributed by atoms with E-state index in [9.17, 15) is 9.59 Å². The van der Waals surface area contributed by atoms with Gasteiger partial charge in [-0.1, -0.05) is 24.7 Å². The molecular formula is C25H30N2O5S. The van der Waals surface area contributed by atoms with Gasteiger partial charge in [-0.15, -0.1) is 0 Å². The second-order valence-electron chi connectivity index (χ2n) is 7.28. The van der Waals surface area contributed by atoms with Gasteiger partial charge >= 0.3 is 5.97 Å². The lowest BCUT2D eigenvalue weighted by Crippen LogP contribution is -2.19. The van der Waals surface area contributed by atoms with Gasteiger partial charge in [0, 0.05) is 18.7 Å². The van der Waals surface area contributed by atoms with Crippen LogP contribution in [-0.2, 0) is 16.0 Å². The Bertz CT molecular complexity index is 1150. The summed E-state index contributed by atoms with van der Waals surface area (Å²) in [6, 6.07) is 12.4. The molecular weight excluding hydrogens is 440 g/mol. The number of benzene rings is 2. The van der Waals surface area contributed by atoms with Gasteiger partial charge in [0.2, 0.25) is 0 Å². The molecule has 2 aromatic carbocycles. The molecule has 1 amide bonds. The number of rotatable bonds is 11. The summed E-state index contributed by atoms with van der Waals surface area (Å²) in [5.74, 6) is 0.0297. The third-order valence-electron chi connectivity index (χ3n) is 4.92. The first kappa shape index (κ1) is 24.7. The van der Waals surface area contributed by atoms with E-state index in [1.165, 1.54) is 11.3 Å². The Kier molecular flexibility index (Phi) is 9.21. The Morgan fingerprint density at radius 2 is 1.73 bits per heavy atom. The molecule has 0 fully saturated rings. The predicted octanol–water partition coefficient (Wildman–Crippen LogP) is 4.84. The Labute approximate surface area is 197 Å². The third kappa shape index (κ3) is 6.52. The SMILES string of the molecule is CCCCOc1ccc(C(=O)N=c2sc3cc(C(=O)OCC)ccc3n2CCOCC)cc1. The zero-order valence-electron chi connectivity index (χ0n) is 19.3. The van der Waals surface area contributed by atoms with Crippen LogP contribution in [0, 0.1) is 0 Å². The van der Waals surface area contributed by atoms with Crippen LogP contribution in [0.5, 0.6) is 5.75 Å². The number of aromatic nitrogens is 1. The van der Waals surface area contributed by atoms with E-state index in [0.717, 1.165) is 28.8 Å². The minimum Gasteiger partial charge on any atom is -0.494 e. The molecule has 0 radical (unpaired) electrons. The molecule has 0 unspecified atom stereocenters. The molecule has 3 aromatic rings. The molecule has 7 nitrogen and oxygen atoms in total. The van der Waals surface area contributed by atoms with Crippen molar-refractivity contribution in [3.8, 4) is 5.75 Å². The van der Waals surface area contributed by atoms with Crippen molar-refractivity contribution < 1.29 is 23.8 Å². The Morgan fingerprint density at radius 1 is 0.970 bits per heavy atom. The van der Waals surface area contributed by atoms with Crippen molar-refractivity contribution in [2.45, 2.75) is 40.2 Å². The molecule has 3 rings (SSSR count). The summed E-state index contributed by atoms with van der Waals surface area (Å²) in [7, 11) is 0. The minimum absolute atomic E-state index is 0.313. The average molecular weight is 471 g/mol. The maximum absolute atomic E-state index is 12.9. The molecule has 176 valence electrons. The van der Waals surface area contributed by atoms with Crippen molar-refractivity contribution in [3.63, 3.8) is 0 Å². The topological polar surface area (TPSA) is 79.1 Å². The first-order chi connectivity index (χ1) is 16.1. The highest BCUT2D eigenvalue weighted by Gasteiger charge is 2.13. The van der Waals surface area contributed by atoms with Crippen LogP contribution in [0.25, 0.3) is 10.2 Å². The highest BCUT2D eigenvalue weighted by molar-refractivity contribution is 7.16. The molecule has 1 aromatic heterocycles. The number of carbonyl (C=O) groups is 2. The maximum atomic E-state index is 12.9. The molecule has 1 heterocycles. The van der Waals surface area contributed by atoms with E-state index in [2.05, 4.69) is 11.9 Å². The highest BCUT2D eigenvalue weighted by atomic mass is 32.1. The molecule has 0 saturated carbocycles. The van der Waals surface area contributed by atoms with Gasteiger partial charge < -0.3 is 18.8 Å². The van der Waals surface area contributed by atoms with Gasteiger partial charge in [0.25, 0.3) is 5.91 Å². The van der Waals surface area contributed by atoms with Crippen LogP contribution in [0.3, 0.4) is 0 Å². The molecule has 33 heavy (non-hydrogen) atoms. The summed E-state index contributed by atoms with van der Waals surface area (Å²) in [6.45, 7) is 8.43. The number of thiazole rings is 1. The summed E-state index contributed by atoms with van der Waals surface area (Å²) < 4.78 is 19.1. The Hall–Kier alpha value is -2.97. The van der Waals surface area contributed by atoms with Crippen LogP contribution in [0.15, 0.2) is 47.5 Å². The van der Waals surface area contributed by atoms with Crippen molar-refractivity contribution in [2.24, 2.45) is 4.99 Å². The lowest BCUT2D eigenvalue weighted by Gasteiger charge is -2.07. The fourth-order valence-electron chi connectivity index (χ4n) is 3.20. The lowest BCUT2D eigenvalue weighted by molar-refractivity contribution is 0.0526. The van der Waals surface area contributed by atoms with Crippen LogP contribution < -0.4 is 9.54 Å². The van der Waals surface area contributed by atoms with Gasteiger partial charge in [-0.05, 0) is 62.7 Å². The van der Waals surface area contributed by atoms with Crippen molar-refractivity contribution in [1.82, 2.24) is 4.57 Å². The number of hydrogen-bond acceptors (Lipinski definition) is 6. The van der Waals surface area contributed by atoms with Crippen LogP contribution in [-0.4, -0.2) is 42.9 Å². The number of fused-ring (bicyclic) bond motifs is 1. The Balaban J connectivity index is 1.92. The second-order valence-corrected chi connectivity index (χ2v) is 8.29. The first-order valence-corrected chi connectivity index (χ1v) is 12.1. The minimum atomic E-state index is -0.371. The molecule has 0 atom stereocenters. The number of ether oxygens (including phenoxy) is 3. The normalized spacial score (nSPS) is 11.7. The van der Waals surface area contributed by atoms with Gasteiger partial charge in [-0.3, -0.25) is 4.79 Å². The van der Waals surface area contributed by atoms with Crippen LogP contribution in [0.4, 0.5) is 0 Å². The molecule has 0 saturated heterocycles. The molecule has 0 bridgehead atoms. The number of amides is 1. The summed E-state index contributed by atoms with van der Waals surface area (Å²) in [5.41, 5.74) is 1.84. The van der Waals surface area contributed by atoms with Gasteiger partial charge in [-0.2, -0.15) is 4.99 Å². The zero-order chi connectivity index (χ0) is 23.6. The number of unbranched alkanes of at least 4 members (excludes halogenated alkanes) is 1. The first-order valence-electron chi connectivity index (χ1n) is 11.3. The van der Waals surface area contributed by atoms with E-state index in [0.29, 0.717) is 48.9 Å². The fourth-order valence-corrected chi connectivity index (χ4v) is 4.29. The summed E-state index contributed by atoms with van der Waals surface area (Å²) in [6.07, 6.45) is 2.05. The van der Waals surface area contributed by atoms with Crippen molar-refractivity contribution in [2.75, 3.05) is 26.4 Å². The maximum Gasteiger partial charge on any atom is 0.338 e. The molecule has 0 aliphatic heterocycles. The van der Waals surface area contributed by atoms with E-state index in [1.807, 2.05) is 17.6 Å². The largest absolute Gasteiger partial charge is 0.494 e. The summed E-state index contributed by atoms with van der Waals surface area (Å²) in [4.78, 5) is 30.0. The standard InChI is InChI=1S/C25H30N2O5S/c1-4-7-15-32-20-11-8-18(9-12-20)23(28)26-25-27(14-16-30-5-2)21-13-10-19(17-22(21)33-25)24(29)31-6-3/h8-13,17H,4-7,14-16H2,1-3H3. The van der Waals surface area contributed by atoms with Crippen LogP contribution in [0.2, 0.25) is 0 Å². The summed E-state index contributed by atoms with van der Waals surface area (Å²) in [5, 5.41) is 0. The van der Waals surface area contributed by atoms with Gasteiger partial charge in [0.1, 0.15) is 5.75 Å². The van der Waals surface area contributed by atoms with Crippen LogP contribution >= 0.6 is 11.3 Å². The average Bonchev–Trinajstić information content (AvgIpc) is 3.16. The molecule has 8 heteroatoms. The predicted molar refractivity (Wildman–Crippen MR) is 129 cm³/mol. The van der Waals surface area contributed by atoms with Crippen LogP contribution in [0.1, 0.15) is 54.3 Å². The lowest BCUT2D eigenvalue weighted by atomic mass is 10.2. The van der Waals surface area contributed by atoms with E-state index >= 15 is 0 Å². The zero-order valence-corrected chi connectivity index (χ0v) is 20.2. The molecule has 0 aliphatic rings. The second kappa shape index (κ2) is 12.3. The third-order valence-corrected chi connectivity index (χ3v) is 5.96. The quantitative estimate of drug-likeness (QED) is 0.296. The van der Waals surface area contributed by atoms with Gasteiger partial charge in [0.05, 0.1) is 35.6 Å². The number of hydrogen-bond donors (Lipinski definition) is 0. The highest BCUT2D eigenvalue weighted by Crippen LogP contribution is 2.20. The number of carbonyl (C=O) groups excluding carboxylic acids is 2. The van der Waals surface area contributed by atoms with E-state index in [-0.39, 0.29) is 11.9 Å². The fraction of sp³-hybridized carbons (Fsp3) is 0.400. The molecule has 0 spiro atoms. The number of esters is 1. The van der Waals surface area contributed by atoms with E-state index in [1.54, 1.807) is 43.3 Å². The van der Waals surface area contributed by atoms with Gasteiger partial charge in [-0.25, -0.2) is 4.79 Å². The van der Waals surface area contributed by atoms with E-state index < -0.39 is 0 Å². The van der Waals surface area contributed by atoms with Gasteiger partial charge in [0.15, 0.2) is 4.80 Å². The molecule has 0 aliphatic carbocycles. The number of nitrogens with zero attached hydrogens (tertiary/aromatic N) is 2. The summed E-state index contributed by atoms with van der Waals surface area (Å²) >= 11 is 1.36. The Morgan fingerprint density at radius 3 is 2.42 bits per heavy atom. The van der Waals surface area contributed by atoms with Crippen molar-refractivity contribution in [1.29, 1.82) is 0 Å². The van der Waals surface area contributed by atoms with E-state index in [4.69, 9.17) is 14.2 Å². The smallest absolute Gasteiger partial charge is 0.338 e. The van der Waals surface area contributed by atoms with Crippen molar-refractivity contribution >= 4 is 33.4 Å². The van der Waals surface area contributed by atoms with Crippen molar-refractivity contribution in [3.05, 3.63) is 58.4 Å².